The molecule has 0 N–H and O–H groups in total. The van der Waals surface area contributed by atoms with Gasteiger partial charge in [0.15, 0.2) is 0 Å². The molecule has 1 aliphatic rings. The summed E-state index contributed by atoms with van der Waals surface area (Å²) < 4.78 is 5.26. The van der Waals surface area contributed by atoms with Crippen LogP contribution >= 0.6 is 0 Å². The Morgan fingerprint density at radius 3 is 2.85 bits per heavy atom. The van der Waals surface area contributed by atoms with Gasteiger partial charge < -0.3 is 9.64 Å². The van der Waals surface area contributed by atoms with Gasteiger partial charge in [-0.25, -0.2) is 4.98 Å². The van der Waals surface area contributed by atoms with Crippen molar-refractivity contribution in [1.82, 2.24) is 14.9 Å². The van der Waals surface area contributed by atoms with Gasteiger partial charge in [0, 0.05) is 30.9 Å². The second-order valence-corrected chi connectivity index (χ2v) is 7.02. The van der Waals surface area contributed by atoms with Gasteiger partial charge in [-0.15, -0.1) is 0 Å². The van der Waals surface area contributed by atoms with Gasteiger partial charge in [-0.3, -0.25) is 9.78 Å². The zero-order chi connectivity index (χ0) is 18.6. The monoisotopic (exact) mass is 361 g/mol. The second-order valence-electron chi connectivity index (χ2n) is 7.02. The van der Waals surface area contributed by atoms with Gasteiger partial charge in [-0.1, -0.05) is 24.3 Å². The summed E-state index contributed by atoms with van der Waals surface area (Å²) in [6.45, 7) is 1.53. The van der Waals surface area contributed by atoms with Crippen molar-refractivity contribution < 1.29 is 9.53 Å². The minimum absolute atomic E-state index is 0.000643. The fourth-order valence-electron chi connectivity index (χ4n) is 3.95. The molecule has 0 radical (unpaired) electrons. The number of carbonyl (C=O) groups is 1. The van der Waals surface area contributed by atoms with Crippen molar-refractivity contribution in [3.05, 3.63) is 66.0 Å². The highest BCUT2D eigenvalue weighted by atomic mass is 16.5. The van der Waals surface area contributed by atoms with E-state index in [0.29, 0.717) is 17.4 Å². The third-order valence-corrected chi connectivity index (χ3v) is 5.23. The zero-order valence-electron chi connectivity index (χ0n) is 15.5. The van der Waals surface area contributed by atoms with E-state index in [1.54, 1.807) is 25.4 Å². The van der Waals surface area contributed by atoms with E-state index in [9.17, 15) is 4.79 Å². The molecule has 5 nitrogen and oxygen atoms in total. The van der Waals surface area contributed by atoms with Crippen LogP contribution in [0, 0.1) is 5.92 Å². The standard InChI is InChI=1S/C22H23N3O2/c1-27-21-19(10-4-12-24-21)22(26)25-13-5-6-16(15-25)14-18-8-2-7-17-9-3-11-23-20(17)18/h2-4,7-12,16H,5-6,13-15H2,1H3/t16-/m1/s1. The number of likely N-dealkylation sites (tertiary alicyclic amines) is 1. The zero-order valence-corrected chi connectivity index (χ0v) is 15.5. The molecule has 2 aromatic heterocycles. The Labute approximate surface area is 159 Å². The van der Waals surface area contributed by atoms with Gasteiger partial charge in [0.2, 0.25) is 5.88 Å². The van der Waals surface area contributed by atoms with E-state index in [1.165, 1.54) is 10.9 Å². The lowest BCUT2D eigenvalue weighted by Crippen LogP contribution is -2.40. The normalized spacial score (nSPS) is 17.1. The molecule has 1 aromatic carbocycles. The Morgan fingerprint density at radius 2 is 1.96 bits per heavy atom. The molecule has 0 aliphatic carbocycles. The largest absolute Gasteiger partial charge is 0.480 e. The van der Waals surface area contributed by atoms with Crippen molar-refractivity contribution in [3.8, 4) is 5.88 Å². The lowest BCUT2D eigenvalue weighted by Gasteiger charge is -2.33. The number of piperidine rings is 1. The molecule has 3 heterocycles. The molecule has 1 amide bonds. The van der Waals surface area contributed by atoms with Crippen LogP contribution in [0.15, 0.2) is 54.9 Å². The Balaban J connectivity index is 1.52. The Kier molecular flexibility index (Phi) is 5.01. The van der Waals surface area contributed by atoms with Crippen LogP contribution < -0.4 is 4.74 Å². The molecule has 0 saturated carbocycles. The van der Waals surface area contributed by atoms with E-state index in [-0.39, 0.29) is 5.91 Å². The Morgan fingerprint density at radius 1 is 1.15 bits per heavy atom. The van der Waals surface area contributed by atoms with E-state index >= 15 is 0 Å². The van der Waals surface area contributed by atoms with E-state index in [4.69, 9.17) is 4.74 Å². The molecule has 138 valence electrons. The van der Waals surface area contributed by atoms with E-state index in [0.717, 1.165) is 37.9 Å². The van der Waals surface area contributed by atoms with Crippen molar-refractivity contribution in [2.75, 3.05) is 20.2 Å². The molecule has 27 heavy (non-hydrogen) atoms. The lowest BCUT2D eigenvalue weighted by molar-refractivity contribution is 0.0669. The number of aromatic nitrogens is 2. The molecule has 5 heteroatoms. The summed E-state index contributed by atoms with van der Waals surface area (Å²) in [5, 5.41) is 1.17. The highest BCUT2D eigenvalue weighted by Gasteiger charge is 2.27. The summed E-state index contributed by atoms with van der Waals surface area (Å²) in [6, 6.07) is 14.0. The van der Waals surface area contributed by atoms with Gasteiger partial charge in [-0.2, -0.15) is 0 Å². The molecule has 4 rings (SSSR count). The van der Waals surface area contributed by atoms with Crippen LogP contribution in [0.1, 0.15) is 28.8 Å². The van der Waals surface area contributed by atoms with Crippen LogP contribution in [0.3, 0.4) is 0 Å². The van der Waals surface area contributed by atoms with Gasteiger partial charge in [0.25, 0.3) is 5.91 Å². The van der Waals surface area contributed by atoms with Crippen molar-refractivity contribution in [2.45, 2.75) is 19.3 Å². The number of rotatable bonds is 4. The van der Waals surface area contributed by atoms with Crippen LogP contribution in [-0.4, -0.2) is 41.0 Å². The topological polar surface area (TPSA) is 55.3 Å². The molecule has 0 spiro atoms. The fraction of sp³-hybridized carbons (Fsp3) is 0.318. The lowest BCUT2D eigenvalue weighted by atomic mass is 9.90. The number of hydrogen-bond acceptors (Lipinski definition) is 4. The van der Waals surface area contributed by atoms with Gasteiger partial charge in [0.05, 0.1) is 12.6 Å². The number of ether oxygens (including phenoxy) is 1. The van der Waals surface area contributed by atoms with Crippen LogP contribution in [-0.2, 0) is 6.42 Å². The molecule has 1 atom stereocenters. The van der Waals surface area contributed by atoms with Crippen LogP contribution in [0.2, 0.25) is 0 Å². The molecule has 0 bridgehead atoms. The molecular weight excluding hydrogens is 338 g/mol. The predicted octanol–water partition coefficient (Wildman–Crippen LogP) is 3.73. The second kappa shape index (κ2) is 7.74. The molecule has 0 unspecified atom stereocenters. The average molecular weight is 361 g/mol. The minimum atomic E-state index is 0.000643. The van der Waals surface area contributed by atoms with Crippen LogP contribution in [0.4, 0.5) is 0 Å². The minimum Gasteiger partial charge on any atom is -0.480 e. The maximum atomic E-state index is 13.0. The van der Waals surface area contributed by atoms with E-state index < -0.39 is 0 Å². The van der Waals surface area contributed by atoms with E-state index in [1.807, 2.05) is 17.2 Å². The highest BCUT2D eigenvalue weighted by Crippen LogP contribution is 2.26. The molecular formula is C22H23N3O2. The third kappa shape index (κ3) is 3.63. The van der Waals surface area contributed by atoms with Crippen molar-refractivity contribution in [3.63, 3.8) is 0 Å². The van der Waals surface area contributed by atoms with Crippen LogP contribution in [0.25, 0.3) is 10.9 Å². The summed E-state index contributed by atoms with van der Waals surface area (Å²) in [6.07, 6.45) is 6.55. The molecule has 3 aromatic rings. The molecule has 1 aliphatic heterocycles. The highest BCUT2D eigenvalue weighted by molar-refractivity contribution is 5.96. The van der Waals surface area contributed by atoms with Gasteiger partial charge in [-0.05, 0) is 48.9 Å². The number of carbonyl (C=O) groups excluding carboxylic acids is 1. The molecule has 1 fully saturated rings. The smallest absolute Gasteiger partial charge is 0.259 e. The molecule has 1 saturated heterocycles. The first-order chi connectivity index (χ1) is 13.3. The number of pyridine rings is 2. The van der Waals surface area contributed by atoms with Crippen molar-refractivity contribution in [1.29, 1.82) is 0 Å². The first-order valence-corrected chi connectivity index (χ1v) is 9.37. The van der Waals surface area contributed by atoms with Crippen molar-refractivity contribution in [2.24, 2.45) is 5.92 Å². The number of methoxy groups -OCH3 is 1. The SMILES string of the molecule is COc1ncccc1C(=O)N1CCC[C@H](Cc2cccc3cccnc23)C1. The summed E-state index contributed by atoms with van der Waals surface area (Å²) in [4.78, 5) is 23.6. The predicted molar refractivity (Wildman–Crippen MR) is 105 cm³/mol. The number of fused-ring (bicyclic) bond motifs is 1. The number of nitrogens with zero attached hydrogens (tertiary/aromatic N) is 3. The maximum absolute atomic E-state index is 13.0. The van der Waals surface area contributed by atoms with E-state index in [2.05, 4.69) is 34.2 Å². The van der Waals surface area contributed by atoms with Gasteiger partial charge in [0.1, 0.15) is 5.56 Å². The number of para-hydroxylation sites is 1. The summed E-state index contributed by atoms with van der Waals surface area (Å²) in [7, 11) is 1.55. The third-order valence-electron chi connectivity index (χ3n) is 5.23. The first-order valence-electron chi connectivity index (χ1n) is 9.37. The van der Waals surface area contributed by atoms with Crippen molar-refractivity contribution >= 4 is 16.8 Å². The Bertz CT molecular complexity index is 952. The van der Waals surface area contributed by atoms with Crippen LogP contribution in [0.5, 0.6) is 5.88 Å². The summed E-state index contributed by atoms with van der Waals surface area (Å²) in [5.41, 5.74) is 2.86. The maximum Gasteiger partial charge on any atom is 0.259 e. The number of benzene rings is 1. The quantitative estimate of drug-likeness (QED) is 0.710. The first kappa shape index (κ1) is 17.5. The number of hydrogen-bond donors (Lipinski definition) is 0. The average Bonchev–Trinajstić information content (AvgIpc) is 2.73. The number of amides is 1. The summed E-state index contributed by atoms with van der Waals surface area (Å²) in [5.74, 6) is 0.821. The summed E-state index contributed by atoms with van der Waals surface area (Å²) >= 11 is 0. The Hall–Kier alpha value is -2.95. The van der Waals surface area contributed by atoms with Gasteiger partial charge >= 0.3 is 0 Å². The fourth-order valence-corrected chi connectivity index (χ4v) is 3.95.